The molecular formula is C14H9Cl2F3N2O2. The summed E-state index contributed by atoms with van der Waals surface area (Å²) in [5.41, 5.74) is 4.45. The number of halogens is 5. The summed E-state index contributed by atoms with van der Waals surface area (Å²) in [7, 11) is 1.15. The van der Waals surface area contributed by atoms with Gasteiger partial charge in [-0.25, -0.2) is 9.78 Å². The minimum atomic E-state index is -4.58. The third-order valence-corrected chi connectivity index (χ3v) is 3.53. The van der Waals surface area contributed by atoms with Crippen molar-refractivity contribution in [3.63, 3.8) is 0 Å². The van der Waals surface area contributed by atoms with Crippen molar-refractivity contribution in [3.8, 4) is 11.3 Å². The predicted molar refractivity (Wildman–Crippen MR) is 80.4 cm³/mol. The molecule has 0 saturated carbocycles. The van der Waals surface area contributed by atoms with Crippen LogP contribution >= 0.6 is 23.2 Å². The first kappa shape index (κ1) is 17.4. The highest BCUT2D eigenvalue weighted by Crippen LogP contribution is 2.39. The summed E-state index contributed by atoms with van der Waals surface area (Å²) in [5.74, 6) is -0.793. The van der Waals surface area contributed by atoms with Crippen LogP contribution in [0.2, 0.25) is 10.0 Å². The molecule has 1 aromatic carbocycles. The molecule has 2 aromatic rings. The van der Waals surface area contributed by atoms with Gasteiger partial charge < -0.3 is 10.5 Å². The summed E-state index contributed by atoms with van der Waals surface area (Å²) in [6.07, 6.45) is -4.58. The van der Waals surface area contributed by atoms with Gasteiger partial charge in [0.15, 0.2) is 5.69 Å². The second-order valence-corrected chi connectivity index (χ2v) is 5.25. The molecular weight excluding hydrogens is 356 g/mol. The highest BCUT2D eigenvalue weighted by atomic mass is 35.5. The van der Waals surface area contributed by atoms with Gasteiger partial charge in [-0.1, -0.05) is 23.2 Å². The van der Waals surface area contributed by atoms with E-state index in [0.717, 1.165) is 19.2 Å². The molecule has 0 aliphatic carbocycles. The van der Waals surface area contributed by atoms with Crippen molar-refractivity contribution in [2.24, 2.45) is 0 Å². The predicted octanol–water partition coefficient (Wildman–Crippen LogP) is 4.44. The first-order valence-corrected chi connectivity index (χ1v) is 6.82. The normalized spacial score (nSPS) is 11.4. The molecule has 122 valence electrons. The lowest BCUT2D eigenvalue weighted by Gasteiger charge is -2.13. The number of hydrogen-bond donors (Lipinski definition) is 1. The van der Waals surface area contributed by atoms with E-state index in [-0.39, 0.29) is 32.7 Å². The number of rotatable bonds is 2. The first-order chi connectivity index (χ1) is 10.6. The van der Waals surface area contributed by atoms with Crippen LogP contribution in [0.1, 0.15) is 16.1 Å². The molecule has 0 saturated heterocycles. The van der Waals surface area contributed by atoms with Crippen molar-refractivity contribution in [2.75, 3.05) is 12.8 Å². The molecule has 0 atom stereocenters. The maximum Gasteiger partial charge on any atom is 0.416 e. The standard InChI is InChI=1S/C14H9Cl2F3N2O2/c1-23-13(22)12-7(15)2-3-10(21-12)11-8(16)4-6(5-9(11)20)14(17,18)19/h2-5H,20H2,1H3. The Labute approximate surface area is 139 Å². The number of pyridine rings is 1. The van der Waals surface area contributed by atoms with Gasteiger partial charge in [0.2, 0.25) is 0 Å². The molecule has 0 aliphatic heterocycles. The Morgan fingerprint density at radius 3 is 2.39 bits per heavy atom. The van der Waals surface area contributed by atoms with Crippen LogP contribution in [0.15, 0.2) is 24.3 Å². The van der Waals surface area contributed by atoms with E-state index in [1.807, 2.05) is 0 Å². The fourth-order valence-corrected chi connectivity index (χ4v) is 2.39. The number of ether oxygens (including phenoxy) is 1. The molecule has 0 fully saturated rings. The average Bonchev–Trinajstić information content (AvgIpc) is 2.46. The lowest BCUT2D eigenvalue weighted by Crippen LogP contribution is -2.08. The number of nitrogens with two attached hydrogens (primary N) is 1. The highest BCUT2D eigenvalue weighted by molar-refractivity contribution is 6.34. The van der Waals surface area contributed by atoms with Gasteiger partial charge >= 0.3 is 12.1 Å². The van der Waals surface area contributed by atoms with Gasteiger partial charge in [-0.05, 0) is 24.3 Å². The van der Waals surface area contributed by atoms with E-state index in [9.17, 15) is 18.0 Å². The van der Waals surface area contributed by atoms with Crippen LogP contribution < -0.4 is 5.73 Å². The second kappa shape index (κ2) is 6.25. The van der Waals surface area contributed by atoms with E-state index in [1.165, 1.54) is 12.1 Å². The van der Waals surface area contributed by atoms with E-state index in [4.69, 9.17) is 28.9 Å². The molecule has 0 bridgehead atoms. The maximum absolute atomic E-state index is 12.7. The largest absolute Gasteiger partial charge is 0.464 e. The first-order valence-electron chi connectivity index (χ1n) is 6.06. The molecule has 0 unspecified atom stereocenters. The fourth-order valence-electron chi connectivity index (χ4n) is 1.88. The lowest BCUT2D eigenvalue weighted by atomic mass is 10.0. The van der Waals surface area contributed by atoms with Gasteiger partial charge in [-0.2, -0.15) is 13.2 Å². The Morgan fingerprint density at radius 2 is 1.87 bits per heavy atom. The highest BCUT2D eigenvalue weighted by Gasteiger charge is 2.32. The number of alkyl halides is 3. The quantitative estimate of drug-likeness (QED) is 0.631. The average molecular weight is 365 g/mol. The fraction of sp³-hybridized carbons (Fsp3) is 0.143. The van der Waals surface area contributed by atoms with Gasteiger partial charge in [0.25, 0.3) is 0 Å². The Kier molecular flexibility index (Phi) is 4.72. The van der Waals surface area contributed by atoms with Crippen molar-refractivity contribution in [1.29, 1.82) is 0 Å². The summed E-state index contributed by atoms with van der Waals surface area (Å²) in [5, 5.41) is -0.217. The van der Waals surface area contributed by atoms with Gasteiger partial charge in [0, 0.05) is 11.3 Å². The van der Waals surface area contributed by atoms with Crippen molar-refractivity contribution < 1.29 is 22.7 Å². The zero-order valence-electron chi connectivity index (χ0n) is 11.5. The van der Waals surface area contributed by atoms with Crippen molar-refractivity contribution in [3.05, 3.63) is 45.6 Å². The van der Waals surface area contributed by atoms with Crippen molar-refractivity contribution in [2.45, 2.75) is 6.18 Å². The Morgan fingerprint density at radius 1 is 1.22 bits per heavy atom. The van der Waals surface area contributed by atoms with E-state index in [2.05, 4.69) is 9.72 Å². The topological polar surface area (TPSA) is 65.2 Å². The summed E-state index contributed by atoms with van der Waals surface area (Å²) < 4.78 is 42.8. The second-order valence-electron chi connectivity index (χ2n) is 4.44. The number of carbonyl (C=O) groups excluding carboxylic acids is 1. The molecule has 0 radical (unpaired) electrons. The van der Waals surface area contributed by atoms with Gasteiger partial charge in [0.1, 0.15) is 0 Å². The zero-order chi connectivity index (χ0) is 17.4. The molecule has 9 heteroatoms. The number of carbonyl (C=O) groups is 1. The molecule has 4 nitrogen and oxygen atoms in total. The minimum Gasteiger partial charge on any atom is -0.464 e. The van der Waals surface area contributed by atoms with E-state index >= 15 is 0 Å². The number of esters is 1. The number of benzene rings is 1. The van der Waals surface area contributed by atoms with Crippen LogP contribution in [0.5, 0.6) is 0 Å². The van der Waals surface area contributed by atoms with E-state index < -0.39 is 17.7 Å². The Balaban J connectivity index is 2.62. The molecule has 0 spiro atoms. The smallest absolute Gasteiger partial charge is 0.416 e. The number of hydrogen-bond acceptors (Lipinski definition) is 4. The number of anilines is 1. The third kappa shape index (κ3) is 3.51. The summed E-state index contributed by atoms with van der Waals surface area (Å²) in [6.45, 7) is 0. The van der Waals surface area contributed by atoms with Crippen LogP contribution in [0, 0.1) is 0 Å². The Bertz CT molecular complexity index is 756. The molecule has 2 N–H and O–H groups in total. The third-order valence-electron chi connectivity index (χ3n) is 2.93. The summed E-state index contributed by atoms with van der Waals surface area (Å²) >= 11 is 11.8. The van der Waals surface area contributed by atoms with Crippen LogP contribution in [0.4, 0.5) is 18.9 Å². The Hall–Kier alpha value is -1.99. The van der Waals surface area contributed by atoms with Crippen molar-refractivity contribution in [1.82, 2.24) is 4.98 Å². The lowest BCUT2D eigenvalue weighted by molar-refractivity contribution is -0.137. The van der Waals surface area contributed by atoms with Crippen LogP contribution in [0.3, 0.4) is 0 Å². The monoisotopic (exact) mass is 364 g/mol. The number of methoxy groups -OCH3 is 1. The molecule has 2 rings (SSSR count). The van der Waals surface area contributed by atoms with Crippen molar-refractivity contribution >= 4 is 34.9 Å². The molecule has 1 heterocycles. The van der Waals surface area contributed by atoms with Gasteiger partial charge in [-0.3, -0.25) is 0 Å². The number of aromatic nitrogens is 1. The molecule has 23 heavy (non-hydrogen) atoms. The number of nitrogen functional groups attached to an aromatic ring is 1. The molecule has 0 amide bonds. The van der Waals surface area contributed by atoms with Gasteiger partial charge in [0.05, 0.1) is 28.4 Å². The van der Waals surface area contributed by atoms with Crippen LogP contribution in [0.25, 0.3) is 11.3 Å². The molecule has 0 aliphatic rings. The summed E-state index contributed by atoms with van der Waals surface area (Å²) in [6, 6.07) is 4.22. The summed E-state index contributed by atoms with van der Waals surface area (Å²) in [4.78, 5) is 15.6. The van der Waals surface area contributed by atoms with Crippen LogP contribution in [-0.4, -0.2) is 18.1 Å². The van der Waals surface area contributed by atoms with Crippen LogP contribution in [-0.2, 0) is 10.9 Å². The van der Waals surface area contributed by atoms with E-state index in [1.54, 1.807) is 0 Å². The maximum atomic E-state index is 12.7. The minimum absolute atomic E-state index is 0.0298. The SMILES string of the molecule is COC(=O)c1nc(-c2c(N)cc(C(F)(F)F)cc2Cl)ccc1Cl. The van der Waals surface area contributed by atoms with Gasteiger partial charge in [-0.15, -0.1) is 0 Å². The van der Waals surface area contributed by atoms with E-state index in [0.29, 0.717) is 0 Å². The zero-order valence-corrected chi connectivity index (χ0v) is 13.1. The molecule has 1 aromatic heterocycles. The number of nitrogens with zero attached hydrogens (tertiary/aromatic N) is 1.